The van der Waals surface area contributed by atoms with Crippen molar-refractivity contribution in [3.8, 4) is 6.07 Å². The Morgan fingerprint density at radius 3 is 2.48 bits per heavy atom. The van der Waals surface area contributed by atoms with Gasteiger partial charge in [0, 0.05) is 31.9 Å². The number of hydrogen-bond donors (Lipinski definition) is 0. The van der Waals surface area contributed by atoms with Crippen molar-refractivity contribution in [2.45, 2.75) is 26.2 Å². The Kier molecular flexibility index (Phi) is 3.59. The van der Waals surface area contributed by atoms with Gasteiger partial charge >= 0.3 is 0 Å². The van der Waals surface area contributed by atoms with Crippen molar-refractivity contribution in [1.29, 1.82) is 5.26 Å². The monoisotopic (exact) mass is 283 g/mol. The number of amides is 1. The molecule has 0 unspecified atom stereocenters. The van der Waals surface area contributed by atoms with E-state index in [0.29, 0.717) is 0 Å². The molecule has 1 aliphatic carbocycles. The molecule has 2 fully saturated rings. The van der Waals surface area contributed by atoms with Crippen LogP contribution in [0.4, 0.5) is 5.69 Å². The molecular formula is C17H21N3O. The average molecular weight is 283 g/mol. The first-order valence-corrected chi connectivity index (χ1v) is 7.67. The van der Waals surface area contributed by atoms with Gasteiger partial charge < -0.3 is 9.80 Å². The van der Waals surface area contributed by atoms with Gasteiger partial charge in [-0.1, -0.05) is 12.1 Å². The summed E-state index contributed by atoms with van der Waals surface area (Å²) in [6.45, 7) is 5.22. The molecule has 4 heteroatoms. The highest BCUT2D eigenvalue weighted by molar-refractivity contribution is 5.86. The molecule has 1 aromatic rings. The van der Waals surface area contributed by atoms with Crippen LogP contribution in [0.5, 0.6) is 0 Å². The Morgan fingerprint density at radius 1 is 1.24 bits per heavy atom. The van der Waals surface area contributed by atoms with Crippen LogP contribution in [0.3, 0.4) is 0 Å². The molecule has 3 rings (SSSR count). The van der Waals surface area contributed by atoms with Crippen molar-refractivity contribution in [3.05, 3.63) is 29.8 Å². The Morgan fingerprint density at radius 2 is 1.95 bits per heavy atom. The van der Waals surface area contributed by atoms with Crippen molar-refractivity contribution in [2.24, 2.45) is 5.41 Å². The van der Waals surface area contributed by atoms with Crippen LogP contribution in [0.1, 0.15) is 24.8 Å². The number of carbonyl (C=O) groups is 1. The van der Waals surface area contributed by atoms with E-state index in [2.05, 4.69) is 42.2 Å². The summed E-state index contributed by atoms with van der Waals surface area (Å²) in [5.41, 5.74) is 1.77. The maximum atomic E-state index is 12.5. The zero-order valence-corrected chi connectivity index (χ0v) is 12.5. The summed E-state index contributed by atoms with van der Waals surface area (Å²) in [6.07, 6.45) is 2.48. The number of benzene rings is 1. The molecule has 0 atom stereocenters. The molecule has 2 aliphatic rings. The minimum absolute atomic E-state index is 0.0557. The van der Waals surface area contributed by atoms with E-state index in [4.69, 9.17) is 0 Å². The first-order valence-electron chi connectivity index (χ1n) is 7.67. The Balaban J connectivity index is 1.63. The van der Waals surface area contributed by atoms with E-state index < -0.39 is 5.41 Å². The fourth-order valence-electron chi connectivity index (χ4n) is 3.20. The smallest absolute Gasteiger partial charge is 0.243 e. The lowest BCUT2D eigenvalue weighted by Gasteiger charge is -2.42. The van der Waals surface area contributed by atoms with Crippen LogP contribution in [0.25, 0.3) is 0 Å². The van der Waals surface area contributed by atoms with E-state index in [1.807, 2.05) is 4.90 Å². The van der Waals surface area contributed by atoms with E-state index in [9.17, 15) is 10.1 Å². The normalized spacial score (nSPS) is 20.6. The first-order chi connectivity index (χ1) is 10.1. The molecule has 1 amide bonds. The third kappa shape index (κ3) is 2.49. The molecule has 0 bridgehead atoms. The van der Waals surface area contributed by atoms with Crippen LogP contribution < -0.4 is 4.90 Å². The molecule has 0 radical (unpaired) electrons. The molecule has 1 heterocycles. The predicted molar refractivity (Wildman–Crippen MR) is 81.9 cm³/mol. The number of hydrogen-bond acceptors (Lipinski definition) is 3. The van der Waals surface area contributed by atoms with Crippen molar-refractivity contribution in [2.75, 3.05) is 31.1 Å². The van der Waals surface area contributed by atoms with Crippen LogP contribution in [0.2, 0.25) is 0 Å². The van der Waals surface area contributed by atoms with Gasteiger partial charge in [0.1, 0.15) is 5.41 Å². The molecule has 4 nitrogen and oxygen atoms in total. The van der Waals surface area contributed by atoms with E-state index in [-0.39, 0.29) is 5.91 Å². The second kappa shape index (κ2) is 5.40. The molecule has 0 N–H and O–H groups in total. The lowest BCUT2D eigenvalue weighted by Crippen LogP contribution is -2.54. The summed E-state index contributed by atoms with van der Waals surface area (Å²) in [7, 11) is 0. The van der Waals surface area contributed by atoms with Crippen molar-refractivity contribution in [1.82, 2.24) is 4.90 Å². The van der Waals surface area contributed by atoms with Crippen LogP contribution >= 0.6 is 0 Å². The van der Waals surface area contributed by atoms with Crippen LogP contribution in [-0.2, 0) is 4.79 Å². The molecule has 21 heavy (non-hydrogen) atoms. The Bertz CT molecular complexity index is 578. The molecule has 0 aromatic heterocycles. The third-order valence-corrected chi connectivity index (χ3v) is 4.76. The lowest BCUT2D eigenvalue weighted by molar-refractivity contribution is -0.143. The van der Waals surface area contributed by atoms with E-state index in [0.717, 1.165) is 45.4 Å². The van der Waals surface area contributed by atoms with Gasteiger partial charge in [0.2, 0.25) is 5.91 Å². The van der Waals surface area contributed by atoms with E-state index in [1.54, 1.807) is 0 Å². The maximum Gasteiger partial charge on any atom is 0.243 e. The highest BCUT2D eigenvalue weighted by atomic mass is 16.2. The highest BCUT2D eigenvalue weighted by Gasteiger charge is 2.47. The van der Waals surface area contributed by atoms with Crippen molar-refractivity contribution in [3.63, 3.8) is 0 Å². The summed E-state index contributed by atoms with van der Waals surface area (Å²) < 4.78 is 0. The molecule has 1 aromatic carbocycles. The van der Waals surface area contributed by atoms with Gasteiger partial charge in [-0.2, -0.15) is 5.26 Å². The minimum atomic E-state index is -0.703. The molecule has 0 spiro atoms. The van der Waals surface area contributed by atoms with Gasteiger partial charge in [-0.25, -0.2) is 0 Å². The zero-order valence-electron chi connectivity index (χ0n) is 12.5. The lowest BCUT2D eigenvalue weighted by atomic mass is 9.69. The SMILES string of the molecule is Cc1cccc(N2CCN(C(=O)C3(C#N)CCC3)CC2)c1. The number of nitriles is 1. The molecule has 1 saturated carbocycles. The number of anilines is 1. The Labute approximate surface area is 126 Å². The van der Waals surface area contributed by atoms with Gasteiger partial charge in [-0.3, -0.25) is 4.79 Å². The van der Waals surface area contributed by atoms with E-state index in [1.165, 1.54) is 11.3 Å². The highest BCUT2D eigenvalue weighted by Crippen LogP contribution is 2.42. The summed E-state index contributed by atoms with van der Waals surface area (Å²) in [6, 6.07) is 10.7. The van der Waals surface area contributed by atoms with Gasteiger partial charge in [-0.05, 0) is 43.9 Å². The number of aryl methyl sites for hydroxylation is 1. The number of carbonyl (C=O) groups excluding carboxylic acids is 1. The number of nitrogens with zero attached hydrogens (tertiary/aromatic N) is 3. The van der Waals surface area contributed by atoms with E-state index >= 15 is 0 Å². The zero-order chi connectivity index (χ0) is 14.9. The molecule has 1 aliphatic heterocycles. The number of rotatable bonds is 2. The largest absolute Gasteiger partial charge is 0.368 e. The van der Waals surface area contributed by atoms with Crippen LogP contribution in [-0.4, -0.2) is 37.0 Å². The summed E-state index contributed by atoms with van der Waals surface area (Å²) in [4.78, 5) is 16.7. The average Bonchev–Trinajstić information content (AvgIpc) is 2.47. The standard InChI is InChI=1S/C17H21N3O/c1-14-4-2-5-15(12-14)19-8-10-20(11-9-19)16(21)17(13-18)6-3-7-17/h2,4-5,12H,3,6-11H2,1H3. The molecule has 110 valence electrons. The Hall–Kier alpha value is -2.02. The van der Waals surface area contributed by atoms with Crippen molar-refractivity contribution >= 4 is 11.6 Å². The van der Waals surface area contributed by atoms with Gasteiger partial charge in [0.15, 0.2) is 0 Å². The summed E-state index contributed by atoms with van der Waals surface area (Å²) >= 11 is 0. The predicted octanol–water partition coefficient (Wildman–Crippen LogP) is 2.34. The second-order valence-electron chi connectivity index (χ2n) is 6.17. The molecule has 1 saturated heterocycles. The van der Waals surface area contributed by atoms with Crippen LogP contribution in [0, 0.1) is 23.7 Å². The first kappa shape index (κ1) is 13.9. The fourth-order valence-corrected chi connectivity index (χ4v) is 3.20. The molecular weight excluding hydrogens is 262 g/mol. The quantitative estimate of drug-likeness (QED) is 0.837. The third-order valence-electron chi connectivity index (χ3n) is 4.76. The van der Waals surface area contributed by atoms with Gasteiger partial charge in [-0.15, -0.1) is 0 Å². The maximum absolute atomic E-state index is 12.5. The summed E-state index contributed by atoms with van der Waals surface area (Å²) in [5.74, 6) is 0.0557. The summed E-state index contributed by atoms with van der Waals surface area (Å²) in [5, 5.41) is 9.29. The van der Waals surface area contributed by atoms with Crippen LogP contribution in [0.15, 0.2) is 24.3 Å². The fraction of sp³-hybridized carbons (Fsp3) is 0.529. The topological polar surface area (TPSA) is 47.3 Å². The van der Waals surface area contributed by atoms with Gasteiger partial charge in [0.05, 0.1) is 6.07 Å². The minimum Gasteiger partial charge on any atom is -0.368 e. The second-order valence-corrected chi connectivity index (χ2v) is 6.17. The van der Waals surface area contributed by atoms with Crippen molar-refractivity contribution < 1.29 is 4.79 Å². The number of piperazine rings is 1. The van der Waals surface area contributed by atoms with Gasteiger partial charge in [0.25, 0.3) is 0 Å².